The van der Waals surface area contributed by atoms with Crippen LogP contribution in [0.1, 0.15) is 5.56 Å². The van der Waals surface area contributed by atoms with Crippen LogP contribution < -0.4 is 21.3 Å². The molecule has 0 bridgehead atoms. The summed E-state index contributed by atoms with van der Waals surface area (Å²) in [6, 6.07) is 9.28. The van der Waals surface area contributed by atoms with Crippen molar-refractivity contribution >= 4 is 34.8 Å². The third-order valence-corrected chi connectivity index (χ3v) is 3.26. The lowest BCUT2D eigenvalue weighted by Gasteiger charge is -2.11. The number of hydrogen-bond acceptors (Lipinski definition) is 5. The van der Waals surface area contributed by atoms with Crippen LogP contribution in [0.15, 0.2) is 30.3 Å². The van der Waals surface area contributed by atoms with Crippen molar-refractivity contribution in [1.82, 2.24) is 4.98 Å². The quantitative estimate of drug-likeness (QED) is 0.583. The highest BCUT2D eigenvalue weighted by molar-refractivity contribution is 6.37. The third-order valence-electron chi connectivity index (χ3n) is 2.69. The van der Waals surface area contributed by atoms with Gasteiger partial charge in [-0.3, -0.25) is 0 Å². The largest absolute Gasteiger partial charge is 0.497 e. The van der Waals surface area contributed by atoms with E-state index in [0.29, 0.717) is 28.2 Å². The number of ether oxygens (including phenoxy) is 1. The van der Waals surface area contributed by atoms with E-state index in [4.69, 9.17) is 33.8 Å². The Bertz CT molecular complexity index is 590. The second-order valence-electron chi connectivity index (χ2n) is 4.00. The molecule has 0 saturated heterocycles. The van der Waals surface area contributed by atoms with Crippen molar-refractivity contribution in [2.45, 2.75) is 6.54 Å². The number of nitrogen functional groups attached to an aromatic ring is 1. The van der Waals surface area contributed by atoms with Gasteiger partial charge in [0.1, 0.15) is 11.6 Å². The highest BCUT2D eigenvalue weighted by Gasteiger charge is 2.08. The molecule has 1 heterocycles. The van der Waals surface area contributed by atoms with Crippen molar-refractivity contribution < 1.29 is 4.74 Å². The molecule has 1 aromatic heterocycles. The molecule has 2 rings (SSSR count). The van der Waals surface area contributed by atoms with Crippen LogP contribution in [0.3, 0.4) is 0 Å². The predicted molar refractivity (Wildman–Crippen MR) is 82.4 cm³/mol. The molecule has 5 nitrogen and oxygen atoms in total. The number of benzene rings is 1. The molecule has 0 amide bonds. The first kappa shape index (κ1) is 14.7. The number of hydrazine groups is 1. The fourth-order valence-corrected chi connectivity index (χ4v) is 2.10. The number of hydrogen-bond donors (Lipinski definition) is 3. The molecule has 0 radical (unpaired) electrons. The van der Waals surface area contributed by atoms with Crippen molar-refractivity contribution in [1.29, 1.82) is 0 Å². The number of pyridine rings is 1. The number of rotatable bonds is 5. The summed E-state index contributed by atoms with van der Waals surface area (Å²) in [6.07, 6.45) is 0. The van der Waals surface area contributed by atoms with Crippen molar-refractivity contribution in [3.63, 3.8) is 0 Å². The van der Waals surface area contributed by atoms with Crippen LogP contribution >= 0.6 is 23.2 Å². The molecular formula is C13H14Cl2N4O. The molecule has 0 unspecified atom stereocenters. The van der Waals surface area contributed by atoms with E-state index in [1.807, 2.05) is 24.3 Å². The maximum atomic E-state index is 6.07. The third kappa shape index (κ3) is 3.45. The van der Waals surface area contributed by atoms with E-state index in [1.165, 1.54) is 0 Å². The highest BCUT2D eigenvalue weighted by Crippen LogP contribution is 2.28. The Morgan fingerprint density at radius 1 is 1.15 bits per heavy atom. The lowest BCUT2D eigenvalue weighted by Crippen LogP contribution is -2.11. The molecule has 2 aromatic rings. The van der Waals surface area contributed by atoms with Gasteiger partial charge in [-0.05, 0) is 23.8 Å². The number of nitrogens with zero attached hydrogens (tertiary/aromatic N) is 1. The van der Waals surface area contributed by atoms with Crippen molar-refractivity contribution in [2.75, 3.05) is 17.9 Å². The Balaban J connectivity index is 2.09. The second kappa shape index (κ2) is 6.65. The fraction of sp³-hybridized carbons (Fsp3) is 0.154. The number of nitrogens with two attached hydrogens (primary N) is 1. The van der Waals surface area contributed by atoms with Gasteiger partial charge in [0.05, 0.1) is 17.2 Å². The summed E-state index contributed by atoms with van der Waals surface area (Å²) in [5.41, 5.74) is 3.49. The normalized spacial score (nSPS) is 10.2. The van der Waals surface area contributed by atoms with Gasteiger partial charge in [0, 0.05) is 6.54 Å². The van der Waals surface area contributed by atoms with Gasteiger partial charge in [-0.25, -0.2) is 10.8 Å². The summed E-state index contributed by atoms with van der Waals surface area (Å²) in [6.45, 7) is 0.572. The number of anilines is 2. The van der Waals surface area contributed by atoms with Gasteiger partial charge in [-0.15, -0.1) is 0 Å². The molecule has 4 N–H and O–H groups in total. The zero-order valence-electron chi connectivity index (χ0n) is 10.8. The topological polar surface area (TPSA) is 72.2 Å². The van der Waals surface area contributed by atoms with E-state index in [2.05, 4.69) is 15.7 Å². The van der Waals surface area contributed by atoms with E-state index in [-0.39, 0.29) is 0 Å². The van der Waals surface area contributed by atoms with Crippen LogP contribution in [-0.4, -0.2) is 12.1 Å². The summed E-state index contributed by atoms with van der Waals surface area (Å²) in [7, 11) is 1.63. The summed E-state index contributed by atoms with van der Waals surface area (Å²) >= 11 is 12.0. The molecule has 0 aliphatic carbocycles. The van der Waals surface area contributed by atoms with Crippen molar-refractivity contribution in [2.24, 2.45) is 5.84 Å². The van der Waals surface area contributed by atoms with E-state index >= 15 is 0 Å². The van der Waals surface area contributed by atoms with Gasteiger partial charge in [0.15, 0.2) is 5.82 Å². The first-order valence-corrected chi connectivity index (χ1v) is 6.59. The molecule has 7 heteroatoms. The van der Waals surface area contributed by atoms with Crippen molar-refractivity contribution in [3.05, 3.63) is 45.9 Å². The number of nitrogens with one attached hydrogen (secondary N) is 2. The second-order valence-corrected chi connectivity index (χ2v) is 4.81. The summed E-state index contributed by atoms with van der Waals surface area (Å²) in [5.74, 6) is 7.02. The first-order valence-electron chi connectivity index (χ1n) is 5.83. The monoisotopic (exact) mass is 312 g/mol. The standard InChI is InChI=1S/C13H14Cl2N4O/c1-20-9-4-2-8(3-5-9)7-17-12-10(14)6-11(15)13(18-12)19-16/h2-6H,7,16H2,1H3,(H2,17,18,19). The average Bonchev–Trinajstić information content (AvgIpc) is 2.47. The Morgan fingerprint density at radius 3 is 2.40 bits per heavy atom. The number of aromatic nitrogens is 1. The maximum Gasteiger partial charge on any atom is 0.161 e. The molecule has 106 valence electrons. The minimum atomic E-state index is 0.368. The smallest absolute Gasteiger partial charge is 0.161 e. The Morgan fingerprint density at radius 2 is 1.80 bits per heavy atom. The molecule has 0 aliphatic rings. The van der Waals surface area contributed by atoms with Gasteiger partial charge in [0.25, 0.3) is 0 Å². The lowest BCUT2D eigenvalue weighted by atomic mass is 10.2. The molecular weight excluding hydrogens is 299 g/mol. The predicted octanol–water partition coefficient (Wildman–Crippen LogP) is 3.29. The van der Waals surface area contributed by atoms with Gasteiger partial charge in [-0.1, -0.05) is 35.3 Å². The lowest BCUT2D eigenvalue weighted by molar-refractivity contribution is 0.414. The Kier molecular flexibility index (Phi) is 4.89. The molecule has 0 aliphatic heterocycles. The van der Waals surface area contributed by atoms with Crippen LogP contribution in [-0.2, 0) is 6.54 Å². The summed E-state index contributed by atoms with van der Waals surface area (Å²) in [4.78, 5) is 4.20. The zero-order valence-corrected chi connectivity index (χ0v) is 12.3. The Labute approximate surface area is 127 Å². The van der Waals surface area contributed by atoms with Gasteiger partial charge < -0.3 is 15.5 Å². The molecule has 1 aromatic carbocycles. The SMILES string of the molecule is COc1ccc(CNc2nc(NN)c(Cl)cc2Cl)cc1. The zero-order chi connectivity index (χ0) is 14.5. The number of methoxy groups -OCH3 is 1. The highest BCUT2D eigenvalue weighted by atomic mass is 35.5. The van der Waals surface area contributed by atoms with E-state index in [1.54, 1.807) is 13.2 Å². The molecule has 0 spiro atoms. The summed E-state index contributed by atoms with van der Waals surface area (Å²) in [5, 5.41) is 3.93. The Hall–Kier alpha value is -1.69. The minimum Gasteiger partial charge on any atom is -0.497 e. The van der Waals surface area contributed by atoms with Crippen LogP contribution in [0, 0.1) is 0 Å². The van der Waals surface area contributed by atoms with Crippen molar-refractivity contribution in [3.8, 4) is 5.75 Å². The van der Waals surface area contributed by atoms with E-state index < -0.39 is 0 Å². The molecule has 20 heavy (non-hydrogen) atoms. The number of halogens is 2. The first-order chi connectivity index (χ1) is 9.63. The van der Waals surface area contributed by atoms with Crippen LogP contribution in [0.4, 0.5) is 11.6 Å². The maximum absolute atomic E-state index is 6.07. The summed E-state index contributed by atoms with van der Waals surface area (Å²) < 4.78 is 5.10. The molecule has 0 fully saturated rings. The van der Waals surface area contributed by atoms with Gasteiger partial charge in [0.2, 0.25) is 0 Å². The average molecular weight is 313 g/mol. The van der Waals surface area contributed by atoms with E-state index in [0.717, 1.165) is 11.3 Å². The molecule has 0 saturated carbocycles. The minimum absolute atomic E-state index is 0.368. The van der Waals surface area contributed by atoms with Crippen LogP contribution in [0.5, 0.6) is 5.75 Å². The van der Waals surface area contributed by atoms with Gasteiger partial charge in [-0.2, -0.15) is 0 Å². The van der Waals surface area contributed by atoms with Gasteiger partial charge >= 0.3 is 0 Å². The van der Waals surface area contributed by atoms with Crippen LogP contribution in [0.25, 0.3) is 0 Å². The molecule has 0 atom stereocenters. The fourth-order valence-electron chi connectivity index (χ4n) is 1.62. The van der Waals surface area contributed by atoms with Crippen LogP contribution in [0.2, 0.25) is 10.0 Å². The van der Waals surface area contributed by atoms with E-state index in [9.17, 15) is 0 Å².